The molecule has 0 unspecified atom stereocenters. The topological polar surface area (TPSA) is 78.4 Å². The molecule has 3 N–H and O–H groups in total. The maximum absolute atomic E-state index is 12.0. The van der Waals surface area contributed by atoms with Gasteiger partial charge in [-0.2, -0.15) is 12.6 Å². The number of fused-ring (bicyclic) bond motifs is 1. The summed E-state index contributed by atoms with van der Waals surface area (Å²) in [6, 6.07) is 6.56. The van der Waals surface area contributed by atoms with Gasteiger partial charge in [0.05, 0.1) is 6.04 Å². The first-order chi connectivity index (χ1) is 9.11. The average molecular weight is 280 g/mol. The van der Waals surface area contributed by atoms with Crippen molar-refractivity contribution in [3.05, 3.63) is 35.4 Å². The van der Waals surface area contributed by atoms with E-state index in [1.807, 2.05) is 24.3 Å². The number of hydrogen-bond acceptors (Lipinski definition) is 4. The summed E-state index contributed by atoms with van der Waals surface area (Å²) < 4.78 is 0. The van der Waals surface area contributed by atoms with Gasteiger partial charge >= 0.3 is 5.97 Å². The number of nitrogens with one attached hydrogen (secondary N) is 2. The number of thiol groups is 1. The predicted molar refractivity (Wildman–Crippen MR) is 74.2 cm³/mol. The lowest BCUT2D eigenvalue weighted by Gasteiger charge is -2.26. The van der Waals surface area contributed by atoms with E-state index in [1.54, 1.807) is 0 Å². The molecule has 5 nitrogen and oxygen atoms in total. The Labute approximate surface area is 116 Å². The Hall–Kier alpha value is -1.53. The van der Waals surface area contributed by atoms with Crippen LogP contribution < -0.4 is 10.6 Å². The smallest absolute Gasteiger partial charge is 0.327 e. The van der Waals surface area contributed by atoms with Crippen LogP contribution in [0.2, 0.25) is 0 Å². The Balaban J connectivity index is 2.01. The Kier molecular flexibility index (Phi) is 4.44. The molecule has 0 saturated heterocycles. The van der Waals surface area contributed by atoms with Gasteiger partial charge in [-0.1, -0.05) is 24.3 Å². The highest BCUT2D eigenvalue weighted by Gasteiger charge is 2.27. The Morgan fingerprint density at radius 3 is 2.74 bits per heavy atom. The van der Waals surface area contributed by atoms with Crippen LogP contribution in [-0.2, 0) is 22.6 Å². The quantitative estimate of drug-likeness (QED) is 0.594. The summed E-state index contributed by atoms with van der Waals surface area (Å²) >= 11 is 3.92. The second-order valence-electron chi connectivity index (χ2n) is 4.49. The zero-order chi connectivity index (χ0) is 13.8. The van der Waals surface area contributed by atoms with Gasteiger partial charge in [0.1, 0.15) is 6.04 Å². The van der Waals surface area contributed by atoms with E-state index in [1.165, 1.54) is 5.56 Å². The minimum absolute atomic E-state index is 0.0738. The number of rotatable bonds is 4. The first-order valence-corrected chi connectivity index (χ1v) is 6.69. The molecule has 0 aliphatic carbocycles. The number of amides is 1. The molecule has 1 amide bonds. The summed E-state index contributed by atoms with van der Waals surface area (Å²) in [6.45, 7) is 0.618. The molecule has 0 bridgehead atoms. The van der Waals surface area contributed by atoms with E-state index in [0.717, 1.165) is 5.56 Å². The van der Waals surface area contributed by atoms with Crippen LogP contribution in [0.25, 0.3) is 0 Å². The van der Waals surface area contributed by atoms with E-state index in [2.05, 4.69) is 23.3 Å². The highest BCUT2D eigenvalue weighted by molar-refractivity contribution is 7.80. The third-order valence-electron chi connectivity index (χ3n) is 3.19. The maximum atomic E-state index is 12.0. The Bertz CT molecular complexity index is 493. The maximum Gasteiger partial charge on any atom is 0.327 e. The van der Waals surface area contributed by atoms with Gasteiger partial charge in [-0.05, 0) is 17.5 Å². The lowest BCUT2D eigenvalue weighted by Crippen LogP contribution is -2.52. The molecule has 102 valence electrons. The van der Waals surface area contributed by atoms with Crippen LogP contribution in [0.1, 0.15) is 11.1 Å². The van der Waals surface area contributed by atoms with Crippen molar-refractivity contribution in [3.8, 4) is 0 Å². The van der Waals surface area contributed by atoms with Crippen LogP contribution in [0.5, 0.6) is 0 Å². The van der Waals surface area contributed by atoms with Crippen molar-refractivity contribution < 1.29 is 14.7 Å². The van der Waals surface area contributed by atoms with Crippen molar-refractivity contribution in [2.45, 2.75) is 25.0 Å². The van der Waals surface area contributed by atoms with Crippen LogP contribution in [0.3, 0.4) is 0 Å². The molecular weight excluding hydrogens is 264 g/mol. The number of carbonyl (C=O) groups excluding carboxylic acids is 1. The molecular formula is C13H16N2O3S. The fraction of sp³-hybridized carbons (Fsp3) is 0.385. The molecule has 0 radical (unpaired) electrons. The van der Waals surface area contributed by atoms with E-state index in [-0.39, 0.29) is 11.7 Å². The average Bonchev–Trinajstić information content (AvgIpc) is 2.43. The van der Waals surface area contributed by atoms with Gasteiger partial charge < -0.3 is 15.7 Å². The lowest BCUT2D eigenvalue weighted by molar-refractivity contribution is -0.141. The Morgan fingerprint density at radius 2 is 2.11 bits per heavy atom. The van der Waals surface area contributed by atoms with Crippen molar-refractivity contribution in [2.24, 2.45) is 0 Å². The summed E-state index contributed by atoms with van der Waals surface area (Å²) in [4.78, 5) is 22.9. The van der Waals surface area contributed by atoms with E-state index in [4.69, 9.17) is 5.11 Å². The van der Waals surface area contributed by atoms with E-state index in [9.17, 15) is 9.59 Å². The molecule has 6 heteroatoms. The van der Waals surface area contributed by atoms with E-state index < -0.39 is 18.1 Å². The highest BCUT2D eigenvalue weighted by Crippen LogP contribution is 2.16. The predicted octanol–water partition coefficient (Wildman–Crippen LogP) is 0.200. The summed E-state index contributed by atoms with van der Waals surface area (Å²) in [5, 5.41) is 14.5. The summed E-state index contributed by atoms with van der Waals surface area (Å²) in [7, 11) is 0. The minimum Gasteiger partial charge on any atom is -0.480 e. The van der Waals surface area contributed by atoms with E-state index in [0.29, 0.717) is 13.0 Å². The van der Waals surface area contributed by atoms with Crippen LogP contribution in [0, 0.1) is 0 Å². The first kappa shape index (κ1) is 13.9. The van der Waals surface area contributed by atoms with Crippen molar-refractivity contribution in [1.82, 2.24) is 10.6 Å². The molecule has 1 aliphatic heterocycles. The molecule has 1 aromatic rings. The molecule has 1 aromatic carbocycles. The van der Waals surface area contributed by atoms with Crippen LogP contribution in [-0.4, -0.2) is 34.8 Å². The normalized spacial score (nSPS) is 19.3. The zero-order valence-corrected chi connectivity index (χ0v) is 11.2. The van der Waals surface area contributed by atoms with Crippen LogP contribution in [0.15, 0.2) is 24.3 Å². The SMILES string of the molecule is O=C(O)[C@H](CS)NC(=O)[C@@H]1Cc2ccccc2CN1. The van der Waals surface area contributed by atoms with Gasteiger partial charge in [-0.25, -0.2) is 4.79 Å². The third kappa shape index (κ3) is 3.27. The van der Waals surface area contributed by atoms with E-state index >= 15 is 0 Å². The standard InChI is InChI=1S/C13H16N2O3S/c16-12(15-11(7-19)13(17)18)10-5-8-3-1-2-4-9(8)6-14-10/h1-4,10-11,14,19H,5-7H2,(H,15,16)(H,17,18)/t10-,11-/m0/s1. The summed E-state index contributed by atoms with van der Waals surface area (Å²) in [6.07, 6.45) is 0.570. The number of aliphatic carboxylic acids is 1. The number of carboxylic acids is 1. The molecule has 2 atom stereocenters. The third-order valence-corrected chi connectivity index (χ3v) is 3.56. The van der Waals surface area contributed by atoms with Crippen molar-refractivity contribution in [2.75, 3.05) is 5.75 Å². The van der Waals surface area contributed by atoms with Crippen LogP contribution in [0.4, 0.5) is 0 Å². The van der Waals surface area contributed by atoms with Gasteiger partial charge in [0.25, 0.3) is 0 Å². The number of hydrogen-bond donors (Lipinski definition) is 4. The molecule has 0 spiro atoms. The molecule has 2 rings (SSSR count). The van der Waals surface area contributed by atoms with Gasteiger partial charge in [0.15, 0.2) is 0 Å². The van der Waals surface area contributed by atoms with Crippen molar-refractivity contribution in [1.29, 1.82) is 0 Å². The van der Waals surface area contributed by atoms with Crippen LogP contribution >= 0.6 is 12.6 Å². The lowest BCUT2D eigenvalue weighted by atomic mass is 9.95. The van der Waals surface area contributed by atoms with Gasteiger partial charge in [-0.3, -0.25) is 4.79 Å². The second kappa shape index (κ2) is 6.08. The molecule has 1 aliphatic rings. The highest BCUT2D eigenvalue weighted by atomic mass is 32.1. The number of carbonyl (C=O) groups is 2. The molecule has 19 heavy (non-hydrogen) atoms. The summed E-state index contributed by atoms with van der Waals surface area (Å²) in [5.41, 5.74) is 2.30. The molecule has 0 aromatic heterocycles. The molecule has 0 saturated carbocycles. The molecule has 1 heterocycles. The van der Waals surface area contributed by atoms with Crippen molar-refractivity contribution >= 4 is 24.5 Å². The first-order valence-electron chi connectivity index (χ1n) is 6.06. The second-order valence-corrected chi connectivity index (χ2v) is 4.85. The van der Waals surface area contributed by atoms with Gasteiger partial charge in [0, 0.05) is 12.3 Å². The summed E-state index contributed by atoms with van der Waals surface area (Å²) in [5.74, 6) is -1.29. The fourth-order valence-electron chi connectivity index (χ4n) is 2.10. The van der Waals surface area contributed by atoms with Crippen molar-refractivity contribution in [3.63, 3.8) is 0 Å². The molecule has 0 fully saturated rings. The largest absolute Gasteiger partial charge is 0.480 e. The Morgan fingerprint density at radius 1 is 1.42 bits per heavy atom. The van der Waals surface area contributed by atoms with Gasteiger partial charge in [0.2, 0.25) is 5.91 Å². The zero-order valence-electron chi connectivity index (χ0n) is 10.3. The minimum atomic E-state index is -1.07. The number of carboxylic acid groups (broad SMARTS) is 1. The number of benzene rings is 1. The fourth-order valence-corrected chi connectivity index (χ4v) is 2.34. The monoisotopic (exact) mass is 280 g/mol. The van der Waals surface area contributed by atoms with Gasteiger partial charge in [-0.15, -0.1) is 0 Å².